The minimum absolute atomic E-state index is 0.0361. The van der Waals surface area contributed by atoms with E-state index < -0.39 is 0 Å². The van der Waals surface area contributed by atoms with Crippen molar-refractivity contribution in [3.05, 3.63) is 47.7 Å². The summed E-state index contributed by atoms with van der Waals surface area (Å²) in [7, 11) is 1.82. The number of pyridine rings is 2. The second-order valence-electron chi connectivity index (χ2n) is 6.13. The lowest BCUT2D eigenvalue weighted by Gasteiger charge is -2.13. The summed E-state index contributed by atoms with van der Waals surface area (Å²) >= 11 is 6.38. The zero-order valence-electron chi connectivity index (χ0n) is 13.7. The predicted octanol–water partition coefficient (Wildman–Crippen LogP) is 4.34. The van der Waals surface area contributed by atoms with E-state index in [1.54, 1.807) is 12.4 Å². The Hall–Kier alpha value is -2.66. The summed E-state index contributed by atoms with van der Waals surface area (Å²) < 4.78 is 0. The molecule has 0 aliphatic heterocycles. The van der Waals surface area contributed by atoms with E-state index >= 15 is 0 Å². The van der Waals surface area contributed by atoms with E-state index in [2.05, 4.69) is 20.6 Å². The zero-order valence-corrected chi connectivity index (χ0v) is 14.5. The van der Waals surface area contributed by atoms with E-state index in [9.17, 15) is 4.79 Å². The Morgan fingerprint density at radius 2 is 1.92 bits per heavy atom. The molecule has 1 aliphatic carbocycles. The third-order valence-corrected chi connectivity index (χ3v) is 4.70. The minimum atomic E-state index is 0.0361. The van der Waals surface area contributed by atoms with Crippen LogP contribution in [0.25, 0.3) is 21.9 Å². The Kier molecular flexibility index (Phi) is 4.01. The van der Waals surface area contributed by atoms with E-state index in [0.717, 1.165) is 40.6 Å². The molecule has 4 rings (SSSR count). The highest BCUT2D eigenvalue weighted by atomic mass is 35.5. The highest BCUT2D eigenvalue weighted by Gasteiger charge is 2.29. The van der Waals surface area contributed by atoms with Crippen molar-refractivity contribution in [3.63, 3.8) is 0 Å². The molecule has 1 fully saturated rings. The number of carbonyl (C=O) groups excluding carboxylic acids is 1. The maximum atomic E-state index is 12.0. The molecule has 1 aliphatic rings. The molecule has 0 bridgehead atoms. The smallest absolute Gasteiger partial charge is 0.228 e. The summed E-state index contributed by atoms with van der Waals surface area (Å²) in [4.78, 5) is 20.9. The monoisotopic (exact) mass is 352 g/mol. The van der Waals surface area contributed by atoms with Crippen LogP contribution >= 0.6 is 11.6 Å². The largest absolute Gasteiger partial charge is 0.373 e. The average molecular weight is 353 g/mol. The molecule has 0 atom stereocenters. The summed E-state index contributed by atoms with van der Waals surface area (Å²) in [6, 6.07) is 9.53. The van der Waals surface area contributed by atoms with Crippen molar-refractivity contribution in [3.8, 4) is 11.1 Å². The number of benzene rings is 1. The number of nitrogens with zero attached hydrogens (tertiary/aromatic N) is 2. The normalized spacial score (nSPS) is 13.7. The lowest BCUT2D eigenvalue weighted by molar-refractivity contribution is -0.117. The van der Waals surface area contributed by atoms with Gasteiger partial charge >= 0.3 is 0 Å². The van der Waals surface area contributed by atoms with Crippen molar-refractivity contribution >= 4 is 39.9 Å². The van der Waals surface area contributed by atoms with Gasteiger partial charge in [-0.25, -0.2) is 9.97 Å². The van der Waals surface area contributed by atoms with Crippen LogP contribution in [0.3, 0.4) is 0 Å². The molecule has 3 aromatic rings. The van der Waals surface area contributed by atoms with Gasteiger partial charge in [-0.3, -0.25) is 4.79 Å². The first-order chi connectivity index (χ1) is 12.2. The molecule has 0 unspecified atom stereocenters. The van der Waals surface area contributed by atoms with Crippen molar-refractivity contribution in [1.82, 2.24) is 9.97 Å². The van der Waals surface area contributed by atoms with Crippen LogP contribution in [0, 0.1) is 5.92 Å². The molecule has 1 saturated carbocycles. The van der Waals surface area contributed by atoms with E-state index in [-0.39, 0.29) is 11.8 Å². The van der Waals surface area contributed by atoms with Gasteiger partial charge in [0.15, 0.2) is 0 Å². The number of nitrogens with one attached hydrogen (secondary N) is 2. The summed E-state index contributed by atoms with van der Waals surface area (Å²) in [5, 5.41) is 8.46. The molecule has 25 heavy (non-hydrogen) atoms. The van der Waals surface area contributed by atoms with Gasteiger partial charge in [0.1, 0.15) is 11.6 Å². The molecular weight excluding hydrogens is 336 g/mol. The van der Waals surface area contributed by atoms with Crippen LogP contribution in [-0.2, 0) is 4.79 Å². The molecule has 5 nitrogen and oxygen atoms in total. The minimum Gasteiger partial charge on any atom is -0.373 e. The van der Waals surface area contributed by atoms with Crippen molar-refractivity contribution in [2.45, 2.75) is 12.8 Å². The Labute approximate surface area is 150 Å². The summed E-state index contributed by atoms with van der Waals surface area (Å²) in [6.07, 6.45) is 5.44. The number of carbonyl (C=O) groups is 1. The van der Waals surface area contributed by atoms with Crippen LogP contribution in [0.2, 0.25) is 5.02 Å². The molecule has 6 heteroatoms. The van der Waals surface area contributed by atoms with Crippen LogP contribution in [-0.4, -0.2) is 22.9 Å². The number of aromatic nitrogens is 2. The van der Waals surface area contributed by atoms with Gasteiger partial charge in [-0.1, -0.05) is 29.8 Å². The highest BCUT2D eigenvalue weighted by molar-refractivity contribution is 6.33. The van der Waals surface area contributed by atoms with Crippen molar-refractivity contribution in [1.29, 1.82) is 0 Å². The van der Waals surface area contributed by atoms with Crippen molar-refractivity contribution < 1.29 is 4.79 Å². The number of hydrogen-bond acceptors (Lipinski definition) is 4. The van der Waals surface area contributed by atoms with Crippen molar-refractivity contribution in [2.24, 2.45) is 5.92 Å². The van der Waals surface area contributed by atoms with Gasteiger partial charge in [0, 0.05) is 52.3 Å². The Balaban J connectivity index is 1.86. The van der Waals surface area contributed by atoms with Gasteiger partial charge in [0.25, 0.3) is 0 Å². The third-order valence-electron chi connectivity index (χ3n) is 4.37. The lowest BCUT2D eigenvalue weighted by atomic mass is 10.0. The second-order valence-corrected chi connectivity index (χ2v) is 6.54. The first kappa shape index (κ1) is 15.8. The number of anilines is 2. The number of halogens is 1. The maximum absolute atomic E-state index is 12.0. The molecule has 1 aromatic carbocycles. The second kappa shape index (κ2) is 6.33. The average Bonchev–Trinajstić information content (AvgIpc) is 3.46. The number of rotatable bonds is 4. The van der Waals surface area contributed by atoms with E-state index in [0.29, 0.717) is 10.8 Å². The fraction of sp³-hybridized carbons (Fsp3) is 0.211. The lowest BCUT2D eigenvalue weighted by Crippen LogP contribution is -2.14. The van der Waals surface area contributed by atoms with Crippen LogP contribution in [0.5, 0.6) is 0 Å². The fourth-order valence-electron chi connectivity index (χ4n) is 2.87. The highest BCUT2D eigenvalue weighted by Crippen LogP contribution is 2.36. The van der Waals surface area contributed by atoms with E-state index in [1.165, 1.54) is 0 Å². The Bertz CT molecular complexity index is 969. The Morgan fingerprint density at radius 1 is 1.12 bits per heavy atom. The number of hydrogen-bond donors (Lipinski definition) is 2. The summed E-state index contributed by atoms with van der Waals surface area (Å²) in [5.41, 5.74) is 1.80. The first-order valence-electron chi connectivity index (χ1n) is 8.19. The van der Waals surface area contributed by atoms with Gasteiger partial charge in [0.2, 0.25) is 5.91 Å². The van der Waals surface area contributed by atoms with Gasteiger partial charge in [-0.15, -0.1) is 0 Å². The van der Waals surface area contributed by atoms with E-state index in [4.69, 9.17) is 11.6 Å². The maximum Gasteiger partial charge on any atom is 0.228 e. The summed E-state index contributed by atoms with van der Waals surface area (Å²) in [5.74, 6) is 1.45. The molecule has 0 radical (unpaired) electrons. The molecule has 2 heterocycles. The van der Waals surface area contributed by atoms with Crippen molar-refractivity contribution in [2.75, 3.05) is 17.7 Å². The molecule has 2 aromatic heterocycles. The van der Waals surface area contributed by atoms with Gasteiger partial charge < -0.3 is 10.6 Å². The Morgan fingerprint density at radius 3 is 2.64 bits per heavy atom. The van der Waals surface area contributed by atoms with E-state index in [1.807, 2.05) is 37.4 Å². The van der Waals surface area contributed by atoms with Gasteiger partial charge in [0.05, 0.1) is 0 Å². The SMILES string of the molecule is CNc1ncc(-c2ccccc2Cl)c2cc(NC(=O)C3CC3)ncc12. The number of fused-ring (bicyclic) bond motifs is 1. The van der Waals surface area contributed by atoms with Crippen LogP contribution in [0.15, 0.2) is 42.7 Å². The molecule has 1 amide bonds. The molecular formula is C19H17ClN4O. The molecule has 126 valence electrons. The van der Waals surface area contributed by atoms with Gasteiger partial charge in [-0.05, 0) is 25.0 Å². The zero-order chi connectivity index (χ0) is 17.4. The first-order valence-corrected chi connectivity index (χ1v) is 8.57. The quantitative estimate of drug-likeness (QED) is 0.733. The summed E-state index contributed by atoms with van der Waals surface area (Å²) in [6.45, 7) is 0. The van der Waals surface area contributed by atoms with Crippen LogP contribution in [0.1, 0.15) is 12.8 Å². The van der Waals surface area contributed by atoms with Crippen LogP contribution in [0.4, 0.5) is 11.6 Å². The third kappa shape index (κ3) is 3.03. The fourth-order valence-corrected chi connectivity index (χ4v) is 3.11. The topological polar surface area (TPSA) is 66.9 Å². The predicted molar refractivity (Wildman–Crippen MR) is 101 cm³/mol. The van der Waals surface area contributed by atoms with Crippen LogP contribution < -0.4 is 10.6 Å². The molecule has 0 saturated heterocycles. The van der Waals surface area contributed by atoms with Gasteiger partial charge in [-0.2, -0.15) is 0 Å². The standard InChI is InChI=1S/C19H17ClN4O/c1-21-18-15-10-22-17(24-19(25)11-6-7-11)8-13(15)14(9-23-18)12-4-2-3-5-16(12)20/h2-5,8-11H,6-7H2,1H3,(H,21,23)(H,22,24,25). The molecule has 0 spiro atoms. The number of amides is 1. The molecule has 2 N–H and O–H groups in total.